The van der Waals surface area contributed by atoms with E-state index in [1.54, 1.807) is 21.3 Å². The molecule has 30 heavy (non-hydrogen) atoms. The molecule has 0 saturated carbocycles. The third-order valence-corrected chi connectivity index (χ3v) is 4.89. The molecular weight excluding hydrogens is 388 g/mol. The highest BCUT2D eigenvalue weighted by Gasteiger charge is 2.27. The van der Waals surface area contributed by atoms with Gasteiger partial charge in [0.2, 0.25) is 5.91 Å². The van der Waals surface area contributed by atoms with E-state index in [2.05, 4.69) is 32.0 Å². The number of methoxy groups -OCH3 is 2. The maximum Gasteiger partial charge on any atom is 0.324 e. The van der Waals surface area contributed by atoms with E-state index in [9.17, 15) is 9.59 Å². The first-order valence-electron chi connectivity index (χ1n) is 9.82. The van der Waals surface area contributed by atoms with Crippen LogP contribution in [0.2, 0.25) is 0 Å². The van der Waals surface area contributed by atoms with Crippen LogP contribution in [0.1, 0.15) is 12.1 Å². The molecule has 0 unspecified atom stereocenters. The summed E-state index contributed by atoms with van der Waals surface area (Å²) in [6, 6.07) is 5.57. The van der Waals surface area contributed by atoms with Gasteiger partial charge in [0.1, 0.15) is 11.5 Å². The molecule has 1 fully saturated rings. The van der Waals surface area contributed by atoms with Gasteiger partial charge in [-0.15, -0.1) is 0 Å². The van der Waals surface area contributed by atoms with E-state index in [0.717, 1.165) is 47.5 Å². The third kappa shape index (κ3) is 4.94. The molecule has 1 aromatic carbocycles. The van der Waals surface area contributed by atoms with E-state index in [0.29, 0.717) is 19.0 Å². The van der Waals surface area contributed by atoms with Crippen molar-refractivity contribution in [2.24, 2.45) is 4.99 Å². The molecule has 10 heteroatoms. The predicted octanol–water partition coefficient (Wildman–Crippen LogP) is 0.835. The van der Waals surface area contributed by atoms with E-state index in [1.165, 1.54) is 4.90 Å². The van der Waals surface area contributed by atoms with E-state index in [1.807, 2.05) is 12.1 Å². The highest BCUT2D eigenvalue weighted by Crippen LogP contribution is 2.31. The zero-order valence-corrected chi connectivity index (χ0v) is 17.5. The van der Waals surface area contributed by atoms with Crippen LogP contribution < -0.4 is 25.4 Å². The van der Waals surface area contributed by atoms with Gasteiger partial charge in [-0.05, 0) is 18.9 Å². The first-order chi connectivity index (χ1) is 14.5. The second-order valence-corrected chi connectivity index (χ2v) is 6.82. The molecule has 1 aromatic heterocycles. The fraction of sp³-hybridized carbons (Fsp3) is 0.450. The number of carbonyl (C=O) groups is 2. The summed E-state index contributed by atoms with van der Waals surface area (Å²) in [5, 5.41) is 9.88. The molecule has 2 heterocycles. The van der Waals surface area contributed by atoms with Crippen molar-refractivity contribution in [3.63, 3.8) is 0 Å². The van der Waals surface area contributed by atoms with Crippen molar-refractivity contribution in [1.29, 1.82) is 0 Å². The van der Waals surface area contributed by atoms with Gasteiger partial charge < -0.3 is 30.4 Å². The zero-order chi connectivity index (χ0) is 21.5. The number of ether oxygens (including phenoxy) is 2. The number of aromatic nitrogens is 1. The Hall–Kier alpha value is -3.43. The number of aromatic amines is 1. The van der Waals surface area contributed by atoms with Gasteiger partial charge in [0.25, 0.3) is 0 Å². The molecule has 1 aliphatic rings. The van der Waals surface area contributed by atoms with Gasteiger partial charge in [-0.1, -0.05) is 0 Å². The summed E-state index contributed by atoms with van der Waals surface area (Å²) >= 11 is 0. The third-order valence-electron chi connectivity index (χ3n) is 4.89. The fourth-order valence-corrected chi connectivity index (χ4v) is 3.33. The van der Waals surface area contributed by atoms with E-state index in [-0.39, 0.29) is 18.5 Å². The van der Waals surface area contributed by atoms with Gasteiger partial charge in [0, 0.05) is 49.9 Å². The van der Waals surface area contributed by atoms with E-state index in [4.69, 9.17) is 9.47 Å². The second-order valence-electron chi connectivity index (χ2n) is 6.82. The number of hydrogen-bond acceptors (Lipinski definition) is 5. The number of benzene rings is 1. The first kappa shape index (κ1) is 21.3. The van der Waals surface area contributed by atoms with E-state index >= 15 is 0 Å². The molecule has 0 radical (unpaired) electrons. The van der Waals surface area contributed by atoms with Crippen LogP contribution in [0, 0.1) is 0 Å². The lowest BCUT2D eigenvalue weighted by Crippen LogP contribution is -2.43. The largest absolute Gasteiger partial charge is 0.497 e. The number of urea groups is 1. The summed E-state index contributed by atoms with van der Waals surface area (Å²) in [4.78, 5) is 31.9. The number of nitrogens with one attached hydrogen (secondary N) is 4. The topological polar surface area (TPSA) is 120 Å². The molecule has 1 aliphatic heterocycles. The average molecular weight is 416 g/mol. The maximum atomic E-state index is 11.6. The van der Waals surface area contributed by atoms with Crippen molar-refractivity contribution in [1.82, 2.24) is 25.8 Å². The standard InChI is InChI=1S/C20H28N6O4/c1-21-19(23-7-8-26-18(27)12-24-20(26)28)22-6-4-5-13-9-15-16(25-13)10-14(29-2)11-17(15)30-3/h9-11,25H,4-8,12H2,1-3H3,(H,24,28)(H2,21,22,23). The minimum Gasteiger partial charge on any atom is -0.497 e. The molecule has 0 atom stereocenters. The van der Waals surface area contributed by atoms with Crippen LogP contribution in [0.15, 0.2) is 23.2 Å². The molecule has 3 rings (SSSR count). The van der Waals surface area contributed by atoms with Crippen LogP contribution in [0.5, 0.6) is 11.5 Å². The van der Waals surface area contributed by atoms with Crippen molar-refractivity contribution in [3.8, 4) is 11.5 Å². The van der Waals surface area contributed by atoms with Crippen molar-refractivity contribution in [2.45, 2.75) is 12.8 Å². The van der Waals surface area contributed by atoms with Crippen molar-refractivity contribution < 1.29 is 19.1 Å². The Balaban J connectivity index is 1.44. The minimum absolute atomic E-state index is 0.0677. The van der Waals surface area contributed by atoms with Crippen LogP contribution in [0.3, 0.4) is 0 Å². The zero-order valence-electron chi connectivity index (χ0n) is 17.5. The Morgan fingerprint density at radius 2 is 1.97 bits per heavy atom. The number of amides is 3. The normalized spacial score (nSPS) is 14.2. The van der Waals surface area contributed by atoms with Gasteiger partial charge in [-0.2, -0.15) is 0 Å². The van der Waals surface area contributed by atoms with Gasteiger partial charge in [-0.3, -0.25) is 14.7 Å². The van der Waals surface area contributed by atoms with Crippen molar-refractivity contribution in [3.05, 3.63) is 23.9 Å². The van der Waals surface area contributed by atoms with Crippen LogP contribution in [0.25, 0.3) is 10.9 Å². The molecule has 1 saturated heterocycles. The Labute approximate surface area is 175 Å². The molecule has 2 aromatic rings. The lowest BCUT2D eigenvalue weighted by molar-refractivity contribution is -0.124. The Morgan fingerprint density at radius 1 is 1.17 bits per heavy atom. The lowest BCUT2D eigenvalue weighted by Gasteiger charge is -2.15. The average Bonchev–Trinajstić information content (AvgIpc) is 3.31. The lowest BCUT2D eigenvalue weighted by atomic mass is 10.2. The molecule has 10 nitrogen and oxygen atoms in total. The number of carbonyl (C=O) groups excluding carboxylic acids is 2. The number of guanidine groups is 1. The highest BCUT2D eigenvalue weighted by atomic mass is 16.5. The monoisotopic (exact) mass is 416 g/mol. The van der Waals surface area contributed by atoms with Crippen LogP contribution >= 0.6 is 0 Å². The SMILES string of the molecule is CN=C(NCCCc1cc2c(OC)cc(OC)cc2[nH]1)NCCN1C(=O)CNC1=O. The molecule has 0 bridgehead atoms. The smallest absolute Gasteiger partial charge is 0.324 e. The summed E-state index contributed by atoms with van der Waals surface area (Å²) in [6.45, 7) is 1.52. The number of H-pyrrole nitrogens is 1. The van der Waals surface area contributed by atoms with Crippen LogP contribution in [-0.2, 0) is 11.2 Å². The van der Waals surface area contributed by atoms with Gasteiger partial charge in [0.15, 0.2) is 5.96 Å². The molecular formula is C20H28N6O4. The van der Waals surface area contributed by atoms with Crippen LogP contribution in [0.4, 0.5) is 4.79 Å². The summed E-state index contributed by atoms with van der Waals surface area (Å²) in [6.07, 6.45) is 1.74. The van der Waals surface area contributed by atoms with Gasteiger partial charge >= 0.3 is 6.03 Å². The summed E-state index contributed by atoms with van der Waals surface area (Å²) in [7, 11) is 4.96. The number of imide groups is 1. The Kier molecular flexibility index (Phi) is 6.99. The summed E-state index contributed by atoms with van der Waals surface area (Å²) in [5.41, 5.74) is 2.09. The van der Waals surface area contributed by atoms with Gasteiger partial charge in [-0.25, -0.2) is 4.79 Å². The summed E-state index contributed by atoms with van der Waals surface area (Å²) < 4.78 is 10.8. The number of aryl methyl sites for hydroxylation is 1. The molecule has 3 amide bonds. The number of hydrogen-bond donors (Lipinski definition) is 4. The molecule has 162 valence electrons. The molecule has 0 spiro atoms. The maximum absolute atomic E-state index is 11.6. The number of aliphatic imine (C=N–C) groups is 1. The van der Waals surface area contributed by atoms with Crippen molar-refractivity contribution in [2.75, 3.05) is 47.4 Å². The van der Waals surface area contributed by atoms with Gasteiger partial charge in [0.05, 0.1) is 26.3 Å². The number of nitrogens with zero attached hydrogens (tertiary/aromatic N) is 2. The quantitative estimate of drug-likeness (QED) is 0.208. The Bertz CT molecular complexity index is 923. The number of rotatable bonds is 9. The van der Waals surface area contributed by atoms with Crippen molar-refractivity contribution >= 4 is 28.8 Å². The highest BCUT2D eigenvalue weighted by molar-refractivity contribution is 6.02. The molecule has 4 N–H and O–H groups in total. The van der Waals surface area contributed by atoms with E-state index < -0.39 is 0 Å². The molecule has 0 aliphatic carbocycles. The van der Waals surface area contributed by atoms with Crippen LogP contribution in [-0.4, -0.2) is 75.2 Å². The second kappa shape index (κ2) is 9.86. The predicted molar refractivity (Wildman–Crippen MR) is 114 cm³/mol. The Morgan fingerprint density at radius 3 is 2.63 bits per heavy atom. The minimum atomic E-state index is -0.350. The first-order valence-corrected chi connectivity index (χ1v) is 9.82. The fourth-order valence-electron chi connectivity index (χ4n) is 3.33. The summed E-state index contributed by atoms with van der Waals surface area (Å²) in [5.74, 6) is 1.94. The number of fused-ring (bicyclic) bond motifs is 1.